The van der Waals surface area contributed by atoms with E-state index in [0.717, 1.165) is 6.92 Å². The molecular formula is C13H11F3N4O4. The molecule has 0 unspecified atom stereocenters. The molecule has 2 rings (SSSR count). The number of phenols is 1. The third kappa shape index (κ3) is 3.45. The maximum absolute atomic E-state index is 12.8. The van der Waals surface area contributed by atoms with Crippen molar-refractivity contribution >= 4 is 17.3 Å². The van der Waals surface area contributed by atoms with Gasteiger partial charge in [-0.15, -0.1) is 0 Å². The van der Waals surface area contributed by atoms with Gasteiger partial charge in [-0.2, -0.15) is 18.3 Å². The molecule has 128 valence electrons. The van der Waals surface area contributed by atoms with Crippen molar-refractivity contribution in [1.82, 2.24) is 9.78 Å². The number of aromatic hydroxyl groups is 1. The van der Waals surface area contributed by atoms with E-state index in [1.807, 2.05) is 0 Å². The highest BCUT2D eigenvalue weighted by Crippen LogP contribution is 2.36. The number of nitrogens with one attached hydrogen (secondary N) is 1. The van der Waals surface area contributed by atoms with Crippen LogP contribution in [0.25, 0.3) is 0 Å². The number of benzene rings is 1. The molecule has 0 atom stereocenters. The SMILES string of the molecule is Cc1c([N+](=O)[O-])c(C(F)(F)F)nn1CC(=O)Nc1ccccc1O. The number of nitrogens with zero attached hydrogens (tertiary/aromatic N) is 3. The minimum atomic E-state index is -5.02. The Labute approximate surface area is 132 Å². The monoisotopic (exact) mass is 344 g/mol. The number of alkyl halides is 3. The van der Waals surface area contributed by atoms with Crippen LogP contribution in [0.4, 0.5) is 24.5 Å². The zero-order valence-electron chi connectivity index (χ0n) is 12.2. The van der Waals surface area contributed by atoms with Gasteiger partial charge in [-0.25, -0.2) is 0 Å². The molecule has 0 aliphatic rings. The summed E-state index contributed by atoms with van der Waals surface area (Å²) in [5, 5.41) is 25.8. The van der Waals surface area contributed by atoms with Gasteiger partial charge in [0.1, 0.15) is 18.0 Å². The maximum Gasteiger partial charge on any atom is 0.442 e. The third-order valence-corrected chi connectivity index (χ3v) is 3.10. The summed E-state index contributed by atoms with van der Waals surface area (Å²) in [4.78, 5) is 21.5. The number of hydrogen-bond donors (Lipinski definition) is 2. The Morgan fingerprint density at radius 1 is 1.42 bits per heavy atom. The minimum absolute atomic E-state index is 0.0536. The maximum atomic E-state index is 12.8. The highest BCUT2D eigenvalue weighted by atomic mass is 19.4. The summed E-state index contributed by atoms with van der Waals surface area (Å²) in [6.45, 7) is 0.380. The Hall–Kier alpha value is -3.11. The zero-order chi connectivity index (χ0) is 18.1. The average molecular weight is 344 g/mol. The predicted molar refractivity (Wildman–Crippen MR) is 75.4 cm³/mol. The molecule has 1 aromatic carbocycles. The molecule has 0 spiro atoms. The number of amides is 1. The molecule has 8 nitrogen and oxygen atoms in total. The molecule has 2 aromatic rings. The fourth-order valence-electron chi connectivity index (χ4n) is 2.01. The molecule has 0 saturated carbocycles. The Kier molecular flexibility index (Phi) is 4.44. The summed E-state index contributed by atoms with van der Waals surface area (Å²) >= 11 is 0. The van der Waals surface area contributed by atoms with Crippen LogP contribution in [0.2, 0.25) is 0 Å². The Morgan fingerprint density at radius 2 is 2.04 bits per heavy atom. The predicted octanol–water partition coefficient (Wildman–Crippen LogP) is 2.46. The smallest absolute Gasteiger partial charge is 0.442 e. The van der Waals surface area contributed by atoms with Crippen LogP contribution in [0.1, 0.15) is 11.4 Å². The van der Waals surface area contributed by atoms with E-state index in [0.29, 0.717) is 4.68 Å². The molecule has 0 saturated heterocycles. The summed E-state index contributed by atoms with van der Waals surface area (Å²) in [6.07, 6.45) is -5.02. The lowest BCUT2D eigenvalue weighted by atomic mass is 10.3. The van der Waals surface area contributed by atoms with Crippen LogP contribution in [0.5, 0.6) is 5.75 Å². The highest BCUT2D eigenvalue weighted by molar-refractivity contribution is 5.92. The largest absolute Gasteiger partial charge is 0.506 e. The lowest BCUT2D eigenvalue weighted by Crippen LogP contribution is -2.20. The number of phenolic OH excluding ortho intramolecular Hbond substituents is 1. The van der Waals surface area contributed by atoms with Crippen molar-refractivity contribution < 1.29 is 28.0 Å². The summed E-state index contributed by atoms with van der Waals surface area (Å²) < 4.78 is 39.1. The summed E-state index contributed by atoms with van der Waals surface area (Å²) in [5.41, 5.74) is -3.21. The van der Waals surface area contributed by atoms with Gasteiger partial charge >= 0.3 is 11.9 Å². The molecule has 24 heavy (non-hydrogen) atoms. The van der Waals surface area contributed by atoms with Crippen LogP contribution in [0.3, 0.4) is 0 Å². The van der Waals surface area contributed by atoms with Crippen LogP contribution < -0.4 is 5.32 Å². The molecule has 0 fully saturated rings. The van der Waals surface area contributed by atoms with Gasteiger partial charge in [-0.3, -0.25) is 19.6 Å². The van der Waals surface area contributed by atoms with Crippen molar-refractivity contribution in [2.24, 2.45) is 0 Å². The average Bonchev–Trinajstić information content (AvgIpc) is 2.79. The normalized spacial score (nSPS) is 11.3. The first kappa shape index (κ1) is 17.2. The van der Waals surface area contributed by atoms with Crippen LogP contribution in [0.15, 0.2) is 24.3 Å². The number of nitro groups is 1. The van der Waals surface area contributed by atoms with Crippen molar-refractivity contribution in [3.8, 4) is 5.75 Å². The fraction of sp³-hybridized carbons (Fsp3) is 0.231. The molecule has 0 aliphatic carbocycles. The third-order valence-electron chi connectivity index (χ3n) is 3.10. The van der Waals surface area contributed by atoms with Gasteiger partial charge in [-0.1, -0.05) is 12.1 Å². The number of carbonyl (C=O) groups is 1. The lowest BCUT2D eigenvalue weighted by Gasteiger charge is -2.07. The fourth-order valence-corrected chi connectivity index (χ4v) is 2.01. The number of halogens is 3. The minimum Gasteiger partial charge on any atom is -0.506 e. The second kappa shape index (κ2) is 6.18. The molecular weight excluding hydrogens is 333 g/mol. The zero-order valence-corrected chi connectivity index (χ0v) is 12.2. The first-order valence-corrected chi connectivity index (χ1v) is 6.48. The first-order chi connectivity index (χ1) is 11.1. The van der Waals surface area contributed by atoms with E-state index in [4.69, 9.17) is 0 Å². The second-order valence-electron chi connectivity index (χ2n) is 4.76. The van der Waals surface area contributed by atoms with E-state index in [1.54, 1.807) is 0 Å². The number of carbonyl (C=O) groups excluding carboxylic acids is 1. The van der Waals surface area contributed by atoms with Crippen LogP contribution in [-0.4, -0.2) is 25.7 Å². The van der Waals surface area contributed by atoms with E-state index < -0.39 is 40.6 Å². The van der Waals surface area contributed by atoms with E-state index in [9.17, 15) is 33.2 Å². The van der Waals surface area contributed by atoms with Gasteiger partial charge in [0.05, 0.1) is 10.6 Å². The number of hydrogen-bond acceptors (Lipinski definition) is 5. The van der Waals surface area contributed by atoms with Crippen molar-refractivity contribution in [2.75, 3.05) is 5.32 Å². The summed E-state index contributed by atoms with van der Waals surface area (Å²) in [6, 6.07) is 5.73. The Balaban J connectivity index is 2.29. The van der Waals surface area contributed by atoms with Crippen LogP contribution >= 0.6 is 0 Å². The first-order valence-electron chi connectivity index (χ1n) is 6.48. The van der Waals surface area contributed by atoms with E-state index in [1.165, 1.54) is 24.3 Å². The summed E-state index contributed by atoms with van der Waals surface area (Å²) in [7, 11) is 0. The number of rotatable bonds is 4. The molecule has 1 amide bonds. The van der Waals surface area contributed by atoms with Crippen molar-refractivity contribution in [2.45, 2.75) is 19.6 Å². The van der Waals surface area contributed by atoms with E-state index in [-0.39, 0.29) is 11.4 Å². The van der Waals surface area contributed by atoms with Gasteiger partial charge in [0.25, 0.3) is 0 Å². The topological polar surface area (TPSA) is 110 Å². The Morgan fingerprint density at radius 3 is 2.54 bits per heavy atom. The summed E-state index contributed by atoms with van der Waals surface area (Å²) in [5.74, 6) is -1.03. The van der Waals surface area contributed by atoms with Crippen LogP contribution in [0, 0.1) is 17.0 Å². The second-order valence-corrected chi connectivity index (χ2v) is 4.76. The van der Waals surface area contributed by atoms with Gasteiger partial charge in [-0.05, 0) is 19.1 Å². The van der Waals surface area contributed by atoms with Crippen molar-refractivity contribution in [3.05, 3.63) is 45.8 Å². The molecule has 0 bridgehead atoms. The quantitative estimate of drug-likeness (QED) is 0.503. The molecule has 11 heteroatoms. The molecule has 0 radical (unpaired) electrons. The molecule has 1 aromatic heterocycles. The van der Waals surface area contributed by atoms with Gasteiger partial charge in [0.2, 0.25) is 11.6 Å². The highest BCUT2D eigenvalue weighted by Gasteiger charge is 2.44. The lowest BCUT2D eigenvalue weighted by molar-refractivity contribution is -0.388. The number of anilines is 1. The van der Waals surface area contributed by atoms with Gasteiger partial charge in [0, 0.05) is 0 Å². The Bertz CT molecular complexity index is 801. The molecule has 2 N–H and O–H groups in total. The van der Waals surface area contributed by atoms with E-state index in [2.05, 4.69) is 10.4 Å². The van der Waals surface area contributed by atoms with Crippen LogP contribution in [-0.2, 0) is 17.5 Å². The standard InChI is InChI=1S/C13H11F3N4O4/c1-7-11(20(23)24)12(13(14,15)16)18-19(7)6-10(22)17-8-4-2-3-5-9(8)21/h2-5,21H,6H2,1H3,(H,17,22). The van der Waals surface area contributed by atoms with E-state index >= 15 is 0 Å². The number of para-hydroxylation sites is 2. The molecule has 0 aliphatic heterocycles. The van der Waals surface area contributed by atoms with Gasteiger partial charge in [0.15, 0.2) is 0 Å². The van der Waals surface area contributed by atoms with Gasteiger partial charge < -0.3 is 10.4 Å². The number of aromatic nitrogens is 2. The van der Waals surface area contributed by atoms with Crippen molar-refractivity contribution in [1.29, 1.82) is 0 Å². The van der Waals surface area contributed by atoms with Crippen molar-refractivity contribution in [3.63, 3.8) is 0 Å². The molecule has 1 heterocycles.